The van der Waals surface area contributed by atoms with Crippen LogP contribution < -0.4 is 15.5 Å². The Morgan fingerprint density at radius 2 is 2.14 bits per heavy atom. The second-order valence-corrected chi connectivity index (χ2v) is 6.79. The Hall–Kier alpha value is -3.42. The lowest BCUT2D eigenvalue weighted by molar-refractivity contribution is 0.249. The van der Waals surface area contributed by atoms with E-state index in [0.29, 0.717) is 18.9 Å². The van der Waals surface area contributed by atoms with Crippen molar-refractivity contribution in [2.75, 3.05) is 23.3 Å². The van der Waals surface area contributed by atoms with E-state index in [-0.39, 0.29) is 17.9 Å². The SMILES string of the molecule is Cc1cc(-n2cccn2)ccc1NC(=O)N[C@H]1CCN(c2ncccc2F)C1. The molecule has 0 saturated carbocycles. The van der Waals surface area contributed by atoms with Gasteiger partial charge in [-0.1, -0.05) is 0 Å². The molecule has 1 saturated heterocycles. The highest BCUT2D eigenvalue weighted by molar-refractivity contribution is 5.90. The van der Waals surface area contributed by atoms with Gasteiger partial charge in [-0.05, 0) is 55.3 Å². The molecular formula is C20H21FN6O. The first-order chi connectivity index (χ1) is 13.6. The van der Waals surface area contributed by atoms with Gasteiger partial charge in [-0.15, -0.1) is 0 Å². The van der Waals surface area contributed by atoms with Crippen LogP contribution >= 0.6 is 0 Å². The smallest absolute Gasteiger partial charge is 0.319 e. The van der Waals surface area contributed by atoms with Gasteiger partial charge in [-0.25, -0.2) is 18.9 Å². The Morgan fingerprint density at radius 3 is 2.89 bits per heavy atom. The van der Waals surface area contributed by atoms with E-state index < -0.39 is 0 Å². The summed E-state index contributed by atoms with van der Waals surface area (Å²) < 4.78 is 15.7. The lowest BCUT2D eigenvalue weighted by atomic mass is 10.2. The minimum atomic E-state index is -0.347. The summed E-state index contributed by atoms with van der Waals surface area (Å²) in [5, 5.41) is 10.0. The van der Waals surface area contributed by atoms with Gasteiger partial charge < -0.3 is 15.5 Å². The van der Waals surface area contributed by atoms with Crippen LogP contribution in [0.5, 0.6) is 0 Å². The number of nitrogens with zero attached hydrogens (tertiary/aromatic N) is 4. The highest BCUT2D eigenvalue weighted by Gasteiger charge is 2.26. The Morgan fingerprint density at radius 1 is 1.25 bits per heavy atom. The van der Waals surface area contributed by atoms with Gasteiger partial charge in [0.05, 0.1) is 5.69 Å². The number of halogens is 1. The molecular weight excluding hydrogens is 359 g/mol. The van der Waals surface area contributed by atoms with Crippen LogP contribution in [0.1, 0.15) is 12.0 Å². The number of pyridine rings is 1. The van der Waals surface area contributed by atoms with Crippen molar-refractivity contribution in [3.05, 3.63) is 66.4 Å². The molecule has 0 aliphatic carbocycles. The van der Waals surface area contributed by atoms with E-state index in [2.05, 4.69) is 20.7 Å². The summed E-state index contributed by atoms with van der Waals surface area (Å²) in [6, 6.07) is 10.2. The molecule has 7 nitrogen and oxygen atoms in total. The van der Waals surface area contributed by atoms with Gasteiger partial charge in [-0.2, -0.15) is 5.10 Å². The second kappa shape index (κ2) is 7.67. The van der Waals surface area contributed by atoms with Gasteiger partial charge in [0.2, 0.25) is 0 Å². The van der Waals surface area contributed by atoms with Gasteiger partial charge in [0.15, 0.2) is 11.6 Å². The molecule has 0 spiro atoms. The van der Waals surface area contributed by atoms with Crippen LogP contribution in [0.3, 0.4) is 0 Å². The standard InChI is InChI=1S/C20H21FN6O/c1-14-12-16(27-10-3-9-23-27)5-6-18(14)25-20(28)24-15-7-11-26(13-15)19-17(21)4-2-8-22-19/h2-6,8-10,12,15H,7,11,13H2,1H3,(H2,24,25,28)/t15-/m0/s1. The minimum absolute atomic E-state index is 0.0648. The summed E-state index contributed by atoms with van der Waals surface area (Å²) in [5.74, 6) is -0.0160. The normalized spacial score (nSPS) is 16.2. The van der Waals surface area contributed by atoms with Crippen molar-refractivity contribution >= 4 is 17.5 Å². The van der Waals surface area contributed by atoms with Gasteiger partial charge in [0.1, 0.15) is 0 Å². The van der Waals surface area contributed by atoms with Crippen LogP contribution in [0.15, 0.2) is 55.0 Å². The zero-order chi connectivity index (χ0) is 19.5. The van der Waals surface area contributed by atoms with Crippen molar-refractivity contribution in [2.24, 2.45) is 0 Å². The summed E-state index contributed by atoms with van der Waals surface area (Å²) in [6.07, 6.45) is 5.89. The van der Waals surface area contributed by atoms with Gasteiger partial charge in [0.25, 0.3) is 0 Å². The monoisotopic (exact) mass is 380 g/mol. The second-order valence-electron chi connectivity index (χ2n) is 6.79. The van der Waals surface area contributed by atoms with Crippen LogP contribution in [0.2, 0.25) is 0 Å². The molecule has 1 aromatic carbocycles. The molecule has 1 aliphatic heterocycles. The van der Waals surface area contributed by atoms with E-state index in [0.717, 1.165) is 23.4 Å². The summed E-state index contributed by atoms with van der Waals surface area (Å²) in [7, 11) is 0. The zero-order valence-corrected chi connectivity index (χ0v) is 15.5. The molecule has 2 amide bonds. The van der Waals surface area contributed by atoms with E-state index >= 15 is 0 Å². The average Bonchev–Trinajstić information content (AvgIpc) is 3.36. The molecule has 2 aromatic heterocycles. The topological polar surface area (TPSA) is 75.1 Å². The fourth-order valence-electron chi connectivity index (χ4n) is 3.38. The van der Waals surface area contributed by atoms with E-state index in [4.69, 9.17) is 0 Å². The fourth-order valence-corrected chi connectivity index (χ4v) is 3.38. The Labute approximate surface area is 162 Å². The van der Waals surface area contributed by atoms with Crippen LogP contribution in [-0.2, 0) is 0 Å². The molecule has 28 heavy (non-hydrogen) atoms. The molecule has 1 atom stereocenters. The quantitative estimate of drug-likeness (QED) is 0.729. The number of hydrogen-bond acceptors (Lipinski definition) is 4. The predicted molar refractivity (Wildman–Crippen MR) is 105 cm³/mol. The maximum atomic E-state index is 13.9. The Bertz CT molecular complexity index is 975. The van der Waals surface area contributed by atoms with Crippen molar-refractivity contribution in [1.29, 1.82) is 0 Å². The first kappa shape index (κ1) is 18.0. The average molecular weight is 380 g/mol. The number of aromatic nitrogens is 3. The van der Waals surface area contributed by atoms with Gasteiger partial charge in [0, 0.05) is 43.4 Å². The van der Waals surface area contributed by atoms with Crippen molar-refractivity contribution in [2.45, 2.75) is 19.4 Å². The van der Waals surface area contributed by atoms with Crippen molar-refractivity contribution in [3.8, 4) is 5.69 Å². The third-order valence-electron chi connectivity index (χ3n) is 4.79. The number of amides is 2. The first-order valence-corrected chi connectivity index (χ1v) is 9.14. The summed E-state index contributed by atoms with van der Waals surface area (Å²) in [5.41, 5.74) is 2.60. The maximum Gasteiger partial charge on any atom is 0.319 e. The zero-order valence-electron chi connectivity index (χ0n) is 15.5. The molecule has 4 rings (SSSR count). The molecule has 0 bridgehead atoms. The lowest BCUT2D eigenvalue weighted by Crippen LogP contribution is -2.40. The van der Waals surface area contributed by atoms with Crippen LogP contribution in [0.25, 0.3) is 5.69 Å². The lowest BCUT2D eigenvalue weighted by Gasteiger charge is -2.18. The van der Waals surface area contributed by atoms with Crippen LogP contribution in [0.4, 0.5) is 20.7 Å². The van der Waals surface area contributed by atoms with Crippen LogP contribution in [-0.4, -0.2) is 39.9 Å². The Balaban J connectivity index is 1.35. The third kappa shape index (κ3) is 3.80. The maximum absolute atomic E-state index is 13.9. The molecule has 3 heterocycles. The molecule has 3 aromatic rings. The van der Waals surface area contributed by atoms with E-state index in [1.807, 2.05) is 42.3 Å². The van der Waals surface area contributed by atoms with Gasteiger partial charge in [-0.3, -0.25) is 0 Å². The number of carbonyl (C=O) groups excluding carboxylic acids is 1. The first-order valence-electron chi connectivity index (χ1n) is 9.14. The number of benzene rings is 1. The number of urea groups is 1. The number of rotatable bonds is 4. The van der Waals surface area contributed by atoms with E-state index in [1.54, 1.807) is 23.1 Å². The molecule has 2 N–H and O–H groups in total. The third-order valence-corrected chi connectivity index (χ3v) is 4.79. The molecule has 8 heteroatoms. The number of hydrogen-bond donors (Lipinski definition) is 2. The van der Waals surface area contributed by atoms with Crippen molar-refractivity contribution < 1.29 is 9.18 Å². The summed E-state index contributed by atoms with van der Waals surface area (Å²) in [6.45, 7) is 3.11. The van der Waals surface area contributed by atoms with E-state index in [9.17, 15) is 9.18 Å². The number of nitrogens with one attached hydrogen (secondary N) is 2. The Kier molecular flexibility index (Phi) is 4.92. The predicted octanol–water partition coefficient (Wildman–Crippen LogP) is 3.12. The molecule has 1 fully saturated rings. The minimum Gasteiger partial charge on any atom is -0.352 e. The molecule has 1 aliphatic rings. The molecule has 0 radical (unpaired) electrons. The summed E-state index contributed by atoms with van der Waals surface area (Å²) in [4.78, 5) is 18.3. The fraction of sp³-hybridized carbons (Fsp3) is 0.250. The summed E-state index contributed by atoms with van der Waals surface area (Å²) >= 11 is 0. The van der Waals surface area contributed by atoms with Gasteiger partial charge >= 0.3 is 6.03 Å². The molecule has 0 unspecified atom stereocenters. The number of carbonyl (C=O) groups is 1. The highest BCUT2D eigenvalue weighted by Crippen LogP contribution is 2.22. The molecule has 144 valence electrons. The van der Waals surface area contributed by atoms with Crippen molar-refractivity contribution in [1.82, 2.24) is 20.1 Å². The van der Waals surface area contributed by atoms with Crippen LogP contribution in [0, 0.1) is 12.7 Å². The number of anilines is 2. The highest BCUT2D eigenvalue weighted by atomic mass is 19.1. The van der Waals surface area contributed by atoms with Crippen molar-refractivity contribution in [3.63, 3.8) is 0 Å². The van der Waals surface area contributed by atoms with E-state index in [1.165, 1.54) is 6.07 Å². The largest absolute Gasteiger partial charge is 0.352 e. The number of aryl methyl sites for hydroxylation is 1.